The molecule has 44 heavy (non-hydrogen) atoms. The molecule has 0 amide bonds. The third-order valence-electron chi connectivity index (χ3n) is 8.87. The highest BCUT2D eigenvalue weighted by molar-refractivity contribution is 6.20. The number of furan rings is 1. The lowest BCUT2D eigenvalue weighted by Gasteiger charge is -2.13. The van der Waals surface area contributed by atoms with Gasteiger partial charge in [0, 0.05) is 55.7 Å². The molecule has 0 spiro atoms. The summed E-state index contributed by atoms with van der Waals surface area (Å²) in [5.41, 5.74) is 6.59. The molecule has 0 bridgehead atoms. The van der Waals surface area contributed by atoms with Gasteiger partial charge in [-0.3, -0.25) is 9.55 Å². The van der Waals surface area contributed by atoms with E-state index >= 15 is 0 Å². The van der Waals surface area contributed by atoms with E-state index in [1.807, 2.05) is 24.4 Å². The van der Waals surface area contributed by atoms with E-state index in [1.54, 1.807) is 6.20 Å². The second kappa shape index (κ2) is 8.72. The van der Waals surface area contributed by atoms with E-state index in [1.165, 1.54) is 0 Å². The van der Waals surface area contributed by atoms with E-state index < -0.39 is 0 Å². The smallest absolute Gasteiger partial charge is 0.235 e. The lowest BCUT2D eigenvalue weighted by molar-refractivity contribution is 0.672. The van der Waals surface area contributed by atoms with E-state index in [0.29, 0.717) is 5.95 Å². The maximum Gasteiger partial charge on any atom is 0.235 e. The molecule has 5 nitrogen and oxygen atoms in total. The summed E-state index contributed by atoms with van der Waals surface area (Å²) in [7, 11) is 0. The first kappa shape index (κ1) is 23.5. The quantitative estimate of drug-likeness (QED) is 0.197. The molecule has 0 fully saturated rings. The van der Waals surface area contributed by atoms with Gasteiger partial charge in [0.2, 0.25) is 5.95 Å². The van der Waals surface area contributed by atoms with E-state index in [0.717, 1.165) is 87.4 Å². The molecule has 0 saturated carbocycles. The summed E-state index contributed by atoms with van der Waals surface area (Å²) in [6.45, 7) is 0. The molecular formula is C39H22N4O. The minimum atomic E-state index is 0.620. The van der Waals surface area contributed by atoms with Crippen molar-refractivity contribution >= 4 is 76.2 Å². The zero-order chi connectivity index (χ0) is 28.8. The van der Waals surface area contributed by atoms with Crippen LogP contribution < -0.4 is 0 Å². The van der Waals surface area contributed by atoms with Crippen LogP contribution in [0.5, 0.6) is 0 Å². The Morgan fingerprint density at radius 3 is 2.23 bits per heavy atom. The molecule has 0 aliphatic heterocycles. The number of rotatable bonds is 2. The summed E-state index contributed by atoms with van der Waals surface area (Å²) < 4.78 is 8.67. The van der Waals surface area contributed by atoms with Crippen molar-refractivity contribution in [3.63, 3.8) is 0 Å². The van der Waals surface area contributed by atoms with Gasteiger partial charge in [0.25, 0.3) is 0 Å². The number of aromatic nitrogens is 4. The summed E-state index contributed by atoms with van der Waals surface area (Å²) in [5, 5.41) is 9.96. The Morgan fingerprint density at radius 2 is 1.32 bits per heavy atom. The predicted molar refractivity (Wildman–Crippen MR) is 179 cm³/mol. The van der Waals surface area contributed by atoms with Crippen LogP contribution in [0.4, 0.5) is 0 Å². The Bertz CT molecular complexity index is 2780. The van der Waals surface area contributed by atoms with E-state index in [-0.39, 0.29) is 0 Å². The minimum absolute atomic E-state index is 0.620. The largest absolute Gasteiger partial charge is 0.455 e. The molecule has 0 aliphatic rings. The fourth-order valence-corrected chi connectivity index (χ4v) is 6.86. The van der Waals surface area contributed by atoms with E-state index in [2.05, 4.69) is 113 Å². The van der Waals surface area contributed by atoms with Gasteiger partial charge in [-0.1, -0.05) is 72.8 Å². The Hall–Kier alpha value is -6.07. The molecule has 0 radical (unpaired) electrons. The van der Waals surface area contributed by atoms with Gasteiger partial charge in [0.15, 0.2) is 0 Å². The van der Waals surface area contributed by atoms with Crippen molar-refractivity contribution in [1.29, 1.82) is 0 Å². The van der Waals surface area contributed by atoms with Crippen LogP contribution in [0.1, 0.15) is 0 Å². The van der Waals surface area contributed by atoms with Crippen molar-refractivity contribution in [2.45, 2.75) is 0 Å². The molecule has 10 aromatic rings. The third-order valence-corrected chi connectivity index (χ3v) is 8.87. The van der Waals surface area contributed by atoms with Gasteiger partial charge in [0.1, 0.15) is 11.2 Å². The van der Waals surface area contributed by atoms with Crippen LogP contribution in [0.2, 0.25) is 0 Å². The average Bonchev–Trinajstić information content (AvgIpc) is 3.63. The Balaban J connectivity index is 1.37. The summed E-state index contributed by atoms with van der Waals surface area (Å²) >= 11 is 0. The molecule has 4 aromatic heterocycles. The molecule has 0 unspecified atom stereocenters. The van der Waals surface area contributed by atoms with Crippen LogP contribution in [-0.2, 0) is 0 Å². The summed E-state index contributed by atoms with van der Waals surface area (Å²) in [6, 6.07) is 42.3. The number of benzene rings is 6. The van der Waals surface area contributed by atoms with Crippen molar-refractivity contribution in [3.8, 4) is 17.2 Å². The topological polar surface area (TPSA) is 56.7 Å². The molecular weight excluding hydrogens is 540 g/mol. The predicted octanol–water partition coefficient (Wildman–Crippen LogP) is 9.99. The molecule has 5 heteroatoms. The maximum atomic E-state index is 6.47. The minimum Gasteiger partial charge on any atom is -0.455 e. The normalized spacial score (nSPS) is 12.1. The second-order valence-electron chi connectivity index (χ2n) is 11.3. The highest BCUT2D eigenvalue weighted by Gasteiger charge is 2.20. The zero-order valence-electron chi connectivity index (χ0n) is 23.4. The number of nitrogens with zero attached hydrogens (tertiary/aromatic N) is 4. The van der Waals surface area contributed by atoms with Gasteiger partial charge in [-0.15, -0.1) is 0 Å². The molecule has 204 valence electrons. The van der Waals surface area contributed by atoms with Gasteiger partial charge in [-0.2, -0.15) is 0 Å². The lowest BCUT2D eigenvalue weighted by atomic mass is 10.0. The molecule has 0 N–H and O–H groups in total. The Kier molecular flexibility index (Phi) is 4.66. The number of fused-ring (bicyclic) bond motifs is 11. The number of pyridine rings is 1. The van der Waals surface area contributed by atoms with Gasteiger partial charge >= 0.3 is 0 Å². The van der Waals surface area contributed by atoms with Crippen LogP contribution in [0.3, 0.4) is 0 Å². The Morgan fingerprint density at radius 1 is 0.523 bits per heavy atom. The van der Waals surface area contributed by atoms with Crippen molar-refractivity contribution in [2.75, 3.05) is 0 Å². The molecule has 6 aromatic carbocycles. The van der Waals surface area contributed by atoms with Gasteiger partial charge in [0.05, 0.1) is 22.2 Å². The second-order valence-corrected chi connectivity index (χ2v) is 11.3. The fourth-order valence-electron chi connectivity index (χ4n) is 6.86. The standard InChI is InChI=1S/C39H22N4O/c1-2-10-26-23(8-1)15-18-30-36(25-9-7-19-40-22-25)41-39(42-37(26)30)43-33-13-5-3-11-27(33)32-20-24-16-17-29-28-12-4-6-14-35(28)44-38(29)31(24)21-34(32)43/h1-22H. The SMILES string of the molecule is c1cncc(-c2nc(-n3c4ccccc4c4cc5ccc6c7ccccc7oc6c5cc43)nc3c2ccc2ccccc23)c1. The van der Waals surface area contributed by atoms with Gasteiger partial charge in [-0.05, 0) is 59.3 Å². The number of hydrogen-bond donors (Lipinski definition) is 0. The molecule has 4 heterocycles. The first-order valence-corrected chi connectivity index (χ1v) is 14.7. The van der Waals surface area contributed by atoms with Crippen molar-refractivity contribution < 1.29 is 4.42 Å². The summed E-state index contributed by atoms with van der Waals surface area (Å²) in [5.74, 6) is 0.620. The monoisotopic (exact) mass is 562 g/mol. The molecule has 10 rings (SSSR count). The van der Waals surface area contributed by atoms with Crippen molar-refractivity contribution in [3.05, 3.63) is 134 Å². The van der Waals surface area contributed by atoms with E-state index in [9.17, 15) is 0 Å². The van der Waals surface area contributed by atoms with Gasteiger partial charge < -0.3 is 4.42 Å². The van der Waals surface area contributed by atoms with E-state index in [4.69, 9.17) is 14.4 Å². The maximum absolute atomic E-state index is 6.47. The molecule has 0 saturated heterocycles. The molecule has 0 atom stereocenters. The first-order valence-electron chi connectivity index (χ1n) is 14.7. The summed E-state index contributed by atoms with van der Waals surface area (Å²) in [6.07, 6.45) is 3.67. The fraction of sp³-hybridized carbons (Fsp3) is 0. The van der Waals surface area contributed by atoms with Gasteiger partial charge in [-0.25, -0.2) is 9.97 Å². The average molecular weight is 563 g/mol. The highest BCUT2D eigenvalue weighted by Crippen LogP contribution is 2.40. The first-order chi connectivity index (χ1) is 21.8. The van der Waals surface area contributed by atoms with Crippen molar-refractivity contribution in [1.82, 2.24) is 19.5 Å². The number of hydrogen-bond acceptors (Lipinski definition) is 4. The van der Waals surface area contributed by atoms with Crippen LogP contribution >= 0.6 is 0 Å². The Labute approximate surface area is 250 Å². The lowest BCUT2D eigenvalue weighted by Crippen LogP contribution is -2.04. The third kappa shape index (κ3) is 3.21. The van der Waals surface area contributed by atoms with Crippen LogP contribution in [0.15, 0.2) is 138 Å². The van der Waals surface area contributed by atoms with Crippen LogP contribution in [0.25, 0.3) is 93.4 Å². The van der Waals surface area contributed by atoms with Crippen molar-refractivity contribution in [2.24, 2.45) is 0 Å². The zero-order valence-corrected chi connectivity index (χ0v) is 23.4. The number of para-hydroxylation sites is 2. The summed E-state index contributed by atoms with van der Waals surface area (Å²) in [4.78, 5) is 15.0. The van der Waals surface area contributed by atoms with Crippen LogP contribution in [0, 0.1) is 0 Å². The highest BCUT2D eigenvalue weighted by atomic mass is 16.3. The molecule has 0 aliphatic carbocycles. The van der Waals surface area contributed by atoms with Crippen LogP contribution in [-0.4, -0.2) is 19.5 Å².